The van der Waals surface area contributed by atoms with Crippen molar-refractivity contribution in [3.63, 3.8) is 0 Å². The maximum absolute atomic E-state index is 12.7. The zero-order valence-electron chi connectivity index (χ0n) is 14.2. The smallest absolute Gasteiger partial charge is 0.433 e. The third-order valence-electron chi connectivity index (χ3n) is 4.03. The number of pyridine rings is 1. The van der Waals surface area contributed by atoms with Crippen LogP contribution in [-0.4, -0.2) is 24.1 Å². The van der Waals surface area contributed by atoms with Crippen molar-refractivity contribution in [3.05, 3.63) is 52.8 Å². The molecule has 3 rings (SSSR count). The number of aryl methyl sites for hydroxylation is 1. The Labute approximate surface area is 148 Å². The number of hydrogen-bond donors (Lipinski definition) is 1. The predicted octanol–water partition coefficient (Wildman–Crippen LogP) is 3.67. The SMILES string of the molecule is Cc1nc(C(F)(F)F)ccc1C(=O)N[C@H](C)c1ccc2c(c1)OCCO2. The van der Waals surface area contributed by atoms with Gasteiger partial charge in [0, 0.05) is 0 Å². The van der Waals surface area contributed by atoms with Crippen molar-refractivity contribution in [2.75, 3.05) is 13.2 Å². The van der Waals surface area contributed by atoms with E-state index in [2.05, 4.69) is 10.3 Å². The van der Waals surface area contributed by atoms with Crippen molar-refractivity contribution < 1.29 is 27.4 Å². The Morgan fingerprint density at radius 3 is 2.50 bits per heavy atom. The van der Waals surface area contributed by atoms with Gasteiger partial charge in [0.15, 0.2) is 11.5 Å². The van der Waals surface area contributed by atoms with Crippen LogP contribution in [-0.2, 0) is 6.18 Å². The summed E-state index contributed by atoms with van der Waals surface area (Å²) in [6.07, 6.45) is -4.54. The molecule has 1 amide bonds. The number of amides is 1. The Kier molecular flexibility index (Phi) is 4.76. The average Bonchev–Trinajstić information content (AvgIpc) is 2.60. The summed E-state index contributed by atoms with van der Waals surface area (Å²) in [5, 5.41) is 2.76. The van der Waals surface area contributed by atoms with Crippen molar-refractivity contribution in [1.29, 1.82) is 0 Å². The molecular weight excluding hydrogens is 349 g/mol. The van der Waals surface area contributed by atoms with Gasteiger partial charge >= 0.3 is 6.18 Å². The van der Waals surface area contributed by atoms with E-state index in [1.807, 2.05) is 0 Å². The number of hydrogen-bond acceptors (Lipinski definition) is 4. The molecule has 0 fully saturated rings. The minimum absolute atomic E-state index is 0.0201. The second-order valence-corrected chi connectivity index (χ2v) is 5.93. The number of benzene rings is 1. The van der Waals surface area contributed by atoms with E-state index in [1.165, 1.54) is 6.92 Å². The van der Waals surface area contributed by atoms with Gasteiger partial charge in [-0.15, -0.1) is 0 Å². The highest BCUT2D eigenvalue weighted by molar-refractivity contribution is 5.95. The van der Waals surface area contributed by atoms with Gasteiger partial charge in [0.05, 0.1) is 17.3 Å². The Morgan fingerprint density at radius 2 is 1.85 bits per heavy atom. The van der Waals surface area contributed by atoms with Gasteiger partial charge in [-0.25, -0.2) is 4.98 Å². The molecule has 26 heavy (non-hydrogen) atoms. The molecule has 2 heterocycles. The van der Waals surface area contributed by atoms with E-state index in [0.29, 0.717) is 24.7 Å². The van der Waals surface area contributed by atoms with Crippen LogP contribution in [0.15, 0.2) is 30.3 Å². The molecule has 0 saturated carbocycles. The van der Waals surface area contributed by atoms with Crippen molar-refractivity contribution in [3.8, 4) is 11.5 Å². The van der Waals surface area contributed by atoms with E-state index in [1.54, 1.807) is 25.1 Å². The molecule has 0 saturated heterocycles. The lowest BCUT2D eigenvalue weighted by atomic mass is 10.1. The number of alkyl halides is 3. The first-order valence-electron chi connectivity index (χ1n) is 8.01. The average molecular weight is 366 g/mol. The Balaban J connectivity index is 1.75. The molecule has 0 bridgehead atoms. The van der Waals surface area contributed by atoms with Crippen LogP contribution >= 0.6 is 0 Å². The molecule has 0 spiro atoms. The molecule has 0 radical (unpaired) electrons. The summed E-state index contributed by atoms with van der Waals surface area (Å²) in [4.78, 5) is 15.9. The number of carbonyl (C=O) groups excluding carboxylic acids is 1. The van der Waals surface area contributed by atoms with E-state index in [-0.39, 0.29) is 17.3 Å². The van der Waals surface area contributed by atoms with E-state index in [9.17, 15) is 18.0 Å². The summed E-state index contributed by atoms with van der Waals surface area (Å²) in [6, 6.07) is 6.90. The summed E-state index contributed by atoms with van der Waals surface area (Å²) in [5.74, 6) is 0.745. The number of ether oxygens (including phenoxy) is 2. The van der Waals surface area contributed by atoms with Gasteiger partial charge in [-0.3, -0.25) is 4.79 Å². The lowest BCUT2D eigenvalue weighted by molar-refractivity contribution is -0.141. The molecule has 1 aliphatic rings. The Morgan fingerprint density at radius 1 is 1.15 bits per heavy atom. The van der Waals surface area contributed by atoms with Gasteiger partial charge in [0.1, 0.15) is 18.9 Å². The number of nitrogens with one attached hydrogen (secondary N) is 1. The van der Waals surface area contributed by atoms with Crippen LogP contribution in [0.5, 0.6) is 11.5 Å². The van der Waals surface area contributed by atoms with Crippen LogP contribution < -0.4 is 14.8 Å². The third-order valence-corrected chi connectivity index (χ3v) is 4.03. The van der Waals surface area contributed by atoms with Gasteiger partial charge in [-0.1, -0.05) is 6.07 Å². The molecule has 0 unspecified atom stereocenters. The molecule has 138 valence electrons. The van der Waals surface area contributed by atoms with E-state index >= 15 is 0 Å². The Bertz CT molecular complexity index is 837. The quantitative estimate of drug-likeness (QED) is 0.900. The Hall–Kier alpha value is -2.77. The monoisotopic (exact) mass is 366 g/mol. The second kappa shape index (κ2) is 6.86. The molecule has 0 aliphatic carbocycles. The van der Waals surface area contributed by atoms with Crippen LogP contribution in [0.3, 0.4) is 0 Å². The summed E-state index contributed by atoms with van der Waals surface area (Å²) in [5.41, 5.74) is -0.111. The summed E-state index contributed by atoms with van der Waals surface area (Å²) in [6.45, 7) is 4.08. The van der Waals surface area contributed by atoms with E-state index in [0.717, 1.165) is 17.7 Å². The van der Waals surface area contributed by atoms with Gasteiger partial charge in [0.2, 0.25) is 0 Å². The molecule has 1 N–H and O–H groups in total. The van der Waals surface area contributed by atoms with Crippen molar-refractivity contribution in [1.82, 2.24) is 10.3 Å². The maximum atomic E-state index is 12.7. The fourth-order valence-electron chi connectivity index (χ4n) is 2.65. The molecule has 1 aromatic heterocycles. The van der Waals surface area contributed by atoms with Crippen LogP contribution in [0.25, 0.3) is 0 Å². The molecular formula is C18H17F3N2O3. The zero-order valence-corrected chi connectivity index (χ0v) is 14.2. The zero-order chi connectivity index (χ0) is 18.9. The fraction of sp³-hybridized carbons (Fsp3) is 0.333. The summed E-state index contributed by atoms with van der Waals surface area (Å²) >= 11 is 0. The van der Waals surface area contributed by atoms with Gasteiger partial charge in [-0.05, 0) is 43.7 Å². The molecule has 1 aromatic carbocycles. The molecule has 2 aromatic rings. The van der Waals surface area contributed by atoms with E-state index < -0.39 is 17.8 Å². The molecule has 8 heteroatoms. The highest BCUT2D eigenvalue weighted by Gasteiger charge is 2.33. The van der Waals surface area contributed by atoms with Crippen LogP contribution in [0.1, 0.15) is 40.3 Å². The van der Waals surface area contributed by atoms with Crippen molar-refractivity contribution in [2.24, 2.45) is 0 Å². The first-order valence-corrected chi connectivity index (χ1v) is 8.01. The maximum Gasteiger partial charge on any atom is 0.433 e. The number of aromatic nitrogens is 1. The number of halogens is 3. The standard InChI is InChI=1S/C18H17F3N2O3/c1-10(12-3-5-14-15(9-12)26-8-7-25-14)23-17(24)13-4-6-16(18(19,20)21)22-11(13)2/h3-6,9-10H,7-8H2,1-2H3,(H,23,24)/t10-/m1/s1. The van der Waals surface area contributed by atoms with Crippen molar-refractivity contribution in [2.45, 2.75) is 26.1 Å². The van der Waals surface area contributed by atoms with Crippen molar-refractivity contribution >= 4 is 5.91 Å². The number of carbonyl (C=O) groups is 1. The van der Waals surface area contributed by atoms with Crippen LogP contribution in [0.4, 0.5) is 13.2 Å². The first-order chi connectivity index (χ1) is 12.3. The fourth-order valence-corrected chi connectivity index (χ4v) is 2.65. The highest BCUT2D eigenvalue weighted by atomic mass is 19.4. The highest BCUT2D eigenvalue weighted by Crippen LogP contribution is 2.33. The number of nitrogens with zero attached hydrogens (tertiary/aromatic N) is 1. The van der Waals surface area contributed by atoms with Crippen LogP contribution in [0, 0.1) is 6.92 Å². The molecule has 1 atom stereocenters. The lowest BCUT2D eigenvalue weighted by Crippen LogP contribution is -2.28. The summed E-state index contributed by atoms with van der Waals surface area (Å²) in [7, 11) is 0. The van der Waals surface area contributed by atoms with E-state index in [4.69, 9.17) is 9.47 Å². The number of rotatable bonds is 3. The molecule has 1 aliphatic heterocycles. The van der Waals surface area contributed by atoms with Crippen LogP contribution in [0.2, 0.25) is 0 Å². The largest absolute Gasteiger partial charge is 0.486 e. The normalized spacial score (nSPS) is 14.7. The minimum Gasteiger partial charge on any atom is -0.486 e. The first kappa shape index (κ1) is 18.0. The third kappa shape index (κ3) is 3.74. The number of fused-ring (bicyclic) bond motifs is 1. The lowest BCUT2D eigenvalue weighted by Gasteiger charge is -2.21. The summed E-state index contributed by atoms with van der Waals surface area (Å²) < 4.78 is 49.0. The van der Waals surface area contributed by atoms with Gasteiger partial charge in [-0.2, -0.15) is 13.2 Å². The predicted molar refractivity (Wildman–Crippen MR) is 87.3 cm³/mol. The topological polar surface area (TPSA) is 60.5 Å². The van der Waals surface area contributed by atoms with Gasteiger partial charge in [0.25, 0.3) is 5.91 Å². The molecule has 5 nitrogen and oxygen atoms in total. The minimum atomic E-state index is -4.54. The van der Waals surface area contributed by atoms with Gasteiger partial charge < -0.3 is 14.8 Å². The second-order valence-electron chi connectivity index (χ2n) is 5.93.